The minimum atomic E-state index is -0.402. The Balaban J connectivity index is 2.34. The summed E-state index contributed by atoms with van der Waals surface area (Å²) in [7, 11) is 1.58. The summed E-state index contributed by atoms with van der Waals surface area (Å²) in [6.45, 7) is 3.67. The molecule has 3 nitrogen and oxygen atoms in total. The molecular weight excluding hydrogens is 362 g/mol. The van der Waals surface area contributed by atoms with Crippen molar-refractivity contribution in [1.82, 2.24) is 9.97 Å². The molecule has 0 unspecified atom stereocenters. The molecule has 0 amide bonds. The number of nitrogens with zero attached hydrogens (tertiary/aromatic N) is 2. The number of benzene rings is 2. The fraction of sp³-hybridized carbons (Fsp3) is 0.158. The molecule has 1 heterocycles. The molecule has 0 N–H and O–H groups in total. The molecule has 0 aliphatic heterocycles. The van der Waals surface area contributed by atoms with Gasteiger partial charge in [-0.1, -0.05) is 23.2 Å². The zero-order valence-corrected chi connectivity index (χ0v) is 15.4. The van der Waals surface area contributed by atoms with Crippen molar-refractivity contribution in [2.75, 3.05) is 7.11 Å². The number of hydrogen-bond acceptors (Lipinski definition) is 3. The lowest BCUT2D eigenvalue weighted by Crippen LogP contribution is -2.01. The molecule has 0 saturated heterocycles. The first-order valence-corrected chi connectivity index (χ1v) is 8.31. The van der Waals surface area contributed by atoms with Crippen LogP contribution in [-0.4, -0.2) is 17.1 Å². The molecule has 0 radical (unpaired) electrons. The SMILES string of the molecule is COc1ccc(Cl)c(-c2nc(C)nc(C)c2-c2ccc(F)cc2Cl)c1. The molecule has 0 aliphatic carbocycles. The number of ether oxygens (including phenoxy) is 1. The van der Waals surface area contributed by atoms with Gasteiger partial charge in [0.25, 0.3) is 0 Å². The summed E-state index contributed by atoms with van der Waals surface area (Å²) >= 11 is 12.7. The molecule has 1 aromatic heterocycles. The maximum absolute atomic E-state index is 13.5. The Morgan fingerprint density at radius 3 is 2.36 bits per heavy atom. The van der Waals surface area contributed by atoms with E-state index in [1.54, 1.807) is 32.2 Å². The summed E-state index contributed by atoms with van der Waals surface area (Å²) in [6, 6.07) is 9.58. The highest BCUT2D eigenvalue weighted by Gasteiger charge is 2.19. The summed E-state index contributed by atoms with van der Waals surface area (Å²) < 4.78 is 18.8. The molecule has 0 fully saturated rings. The van der Waals surface area contributed by atoms with Gasteiger partial charge >= 0.3 is 0 Å². The maximum atomic E-state index is 13.5. The smallest absolute Gasteiger partial charge is 0.126 e. The third kappa shape index (κ3) is 3.46. The predicted octanol–water partition coefficient (Wildman–Crippen LogP) is 5.88. The Hall–Kier alpha value is -2.17. The van der Waals surface area contributed by atoms with Gasteiger partial charge in [-0.3, -0.25) is 0 Å². The largest absolute Gasteiger partial charge is 0.497 e. The van der Waals surface area contributed by atoms with Gasteiger partial charge in [0.15, 0.2) is 0 Å². The van der Waals surface area contributed by atoms with Crippen LogP contribution in [0.25, 0.3) is 22.4 Å². The zero-order chi connectivity index (χ0) is 18.1. The van der Waals surface area contributed by atoms with Crippen LogP contribution in [0.1, 0.15) is 11.5 Å². The average Bonchev–Trinajstić information content (AvgIpc) is 2.56. The molecule has 6 heteroatoms. The van der Waals surface area contributed by atoms with Gasteiger partial charge in [0, 0.05) is 22.4 Å². The molecule has 128 valence electrons. The predicted molar refractivity (Wildman–Crippen MR) is 98.9 cm³/mol. The second-order valence-corrected chi connectivity index (χ2v) is 6.36. The van der Waals surface area contributed by atoms with Crippen LogP contribution in [-0.2, 0) is 0 Å². The van der Waals surface area contributed by atoms with Gasteiger partial charge < -0.3 is 4.74 Å². The summed E-state index contributed by atoms with van der Waals surface area (Å²) in [5.74, 6) is 0.859. The van der Waals surface area contributed by atoms with Crippen LogP contribution in [0, 0.1) is 19.7 Å². The summed E-state index contributed by atoms with van der Waals surface area (Å²) in [5, 5.41) is 0.814. The third-order valence-electron chi connectivity index (χ3n) is 3.83. The van der Waals surface area contributed by atoms with E-state index in [0.717, 1.165) is 5.69 Å². The Kier molecular flexibility index (Phi) is 4.93. The van der Waals surface area contributed by atoms with Crippen molar-refractivity contribution in [3.8, 4) is 28.1 Å². The lowest BCUT2D eigenvalue weighted by molar-refractivity contribution is 0.415. The van der Waals surface area contributed by atoms with E-state index in [9.17, 15) is 4.39 Å². The highest BCUT2D eigenvalue weighted by molar-refractivity contribution is 6.34. The van der Waals surface area contributed by atoms with Gasteiger partial charge in [0.2, 0.25) is 0 Å². The van der Waals surface area contributed by atoms with E-state index in [4.69, 9.17) is 27.9 Å². The van der Waals surface area contributed by atoms with Crippen LogP contribution in [0.3, 0.4) is 0 Å². The van der Waals surface area contributed by atoms with Crippen LogP contribution < -0.4 is 4.74 Å². The minimum Gasteiger partial charge on any atom is -0.497 e. The lowest BCUT2D eigenvalue weighted by atomic mass is 9.97. The number of halogens is 3. The third-order valence-corrected chi connectivity index (χ3v) is 4.47. The molecule has 0 bridgehead atoms. The minimum absolute atomic E-state index is 0.288. The molecule has 2 aromatic carbocycles. The van der Waals surface area contributed by atoms with Crippen LogP contribution in [0.15, 0.2) is 36.4 Å². The molecule has 0 atom stereocenters. The molecule has 0 saturated carbocycles. The Bertz CT molecular complexity index is 960. The van der Waals surface area contributed by atoms with E-state index in [1.807, 2.05) is 13.0 Å². The van der Waals surface area contributed by atoms with Crippen LogP contribution in [0.2, 0.25) is 10.0 Å². The van der Waals surface area contributed by atoms with Crippen LogP contribution >= 0.6 is 23.2 Å². The van der Waals surface area contributed by atoms with Gasteiger partial charge in [-0.15, -0.1) is 0 Å². The van der Waals surface area contributed by atoms with Gasteiger partial charge in [0.05, 0.1) is 22.8 Å². The standard InChI is InChI=1S/C19H15Cl2FN2O/c1-10-18(14-6-4-12(22)8-17(14)21)19(24-11(2)23-10)15-9-13(25-3)5-7-16(15)20/h4-9H,1-3H3. The van der Waals surface area contributed by atoms with E-state index >= 15 is 0 Å². The Morgan fingerprint density at radius 2 is 1.68 bits per heavy atom. The summed E-state index contributed by atoms with van der Waals surface area (Å²) in [6.07, 6.45) is 0. The zero-order valence-electron chi connectivity index (χ0n) is 13.9. The molecule has 25 heavy (non-hydrogen) atoms. The topological polar surface area (TPSA) is 35.0 Å². The Labute approximate surface area is 155 Å². The van der Waals surface area contributed by atoms with Gasteiger partial charge in [-0.05, 0) is 50.2 Å². The second kappa shape index (κ2) is 6.98. The van der Waals surface area contributed by atoms with Crippen LogP contribution in [0.4, 0.5) is 4.39 Å². The number of aromatic nitrogens is 2. The van der Waals surface area contributed by atoms with E-state index < -0.39 is 5.82 Å². The Morgan fingerprint density at radius 1 is 0.920 bits per heavy atom. The first kappa shape index (κ1) is 17.6. The van der Waals surface area contributed by atoms with Crippen molar-refractivity contribution in [1.29, 1.82) is 0 Å². The van der Waals surface area contributed by atoms with Crippen molar-refractivity contribution >= 4 is 23.2 Å². The lowest BCUT2D eigenvalue weighted by Gasteiger charge is -2.16. The maximum Gasteiger partial charge on any atom is 0.126 e. The first-order chi connectivity index (χ1) is 11.9. The summed E-state index contributed by atoms with van der Waals surface area (Å²) in [5.41, 5.74) is 3.42. The number of hydrogen-bond donors (Lipinski definition) is 0. The fourth-order valence-electron chi connectivity index (χ4n) is 2.74. The van der Waals surface area contributed by atoms with Crippen molar-refractivity contribution in [2.24, 2.45) is 0 Å². The molecule has 3 rings (SSSR count). The molecule has 3 aromatic rings. The van der Waals surface area contributed by atoms with Crippen LogP contribution in [0.5, 0.6) is 5.75 Å². The average molecular weight is 377 g/mol. The highest BCUT2D eigenvalue weighted by atomic mass is 35.5. The number of aryl methyl sites for hydroxylation is 2. The number of methoxy groups -OCH3 is 1. The normalized spacial score (nSPS) is 10.8. The number of rotatable bonds is 3. The molecule has 0 aliphatic rings. The van der Waals surface area contributed by atoms with E-state index in [2.05, 4.69) is 9.97 Å². The second-order valence-electron chi connectivity index (χ2n) is 5.55. The van der Waals surface area contributed by atoms with Gasteiger partial charge in [0.1, 0.15) is 17.4 Å². The summed E-state index contributed by atoms with van der Waals surface area (Å²) in [4.78, 5) is 9.01. The van der Waals surface area contributed by atoms with Crippen molar-refractivity contribution < 1.29 is 9.13 Å². The van der Waals surface area contributed by atoms with E-state index in [-0.39, 0.29) is 5.02 Å². The first-order valence-electron chi connectivity index (χ1n) is 7.55. The van der Waals surface area contributed by atoms with Crippen molar-refractivity contribution in [2.45, 2.75) is 13.8 Å². The van der Waals surface area contributed by atoms with Crippen molar-refractivity contribution in [3.05, 3.63) is 63.8 Å². The van der Waals surface area contributed by atoms with E-state index in [0.29, 0.717) is 39.0 Å². The van der Waals surface area contributed by atoms with Crippen molar-refractivity contribution in [3.63, 3.8) is 0 Å². The fourth-order valence-corrected chi connectivity index (χ4v) is 3.20. The van der Waals surface area contributed by atoms with Gasteiger partial charge in [-0.2, -0.15) is 0 Å². The molecule has 0 spiro atoms. The monoisotopic (exact) mass is 376 g/mol. The molecular formula is C19H15Cl2FN2O. The quantitative estimate of drug-likeness (QED) is 0.572. The van der Waals surface area contributed by atoms with Gasteiger partial charge in [-0.25, -0.2) is 14.4 Å². The highest BCUT2D eigenvalue weighted by Crippen LogP contribution is 2.40. The van der Waals surface area contributed by atoms with E-state index in [1.165, 1.54) is 12.1 Å².